The molecule has 0 saturated heterocycles. The molecule has 0 fully saturated rings. The molecule has 0 aliphatic heterocycles. The molecule has 82 valence electrons. The molecule has 0 amide bonds. The van der Waals surface area contributed by atoms with Gasteiger partial charge in [-0.2, -0.15) is 0 Å². The molecule has 0 radical (unpaired) electrons. The van der Waals surface area contributed by atoms with E-state index in [1.807, 2.05) is 0 Å². The molecule has 0 saturated carbocycles. The molecule has 1 heteroatoms. The minimum Gasteiger partial charge on any atom is -0.317 e. The number of fused-ring (bicyclic) bond motifs is 1. The van der Waals surface area contributed by atoms with Gasteiger partial charge in [-0.3, -0.25) is 0 Å². The van der Waals surface area contributed by atoms with Gasteiger partial charge in [-0.15, -0.1) is 0 Å². The number of benzene rings is 1. The molecule has 0 heterocycles. The van der Waals surface area contributed by atoms with E-state index in [2.05, 4.69) is 43.6 Å². The van der Waals surface area contributed by atoms with Gasteiger partial charge in [0.25, 0.3) is 0 Å². The largest absolute Gasteiger partial charge is 0.317 e. The Morgan fingerprint density at radius 3 is 3.00 bits per heavy atom. The molecule has 2 atom stereocenters. The molecular formula is C14H21N. The Bertz CT molecular complexity index is 319. The summed E-state index contributed by atoms with van der Waals surface area (Å²) in [6.45, 7) is 2.28. The van der Waals surface area contributed by atoms with E-state index in [4.69, 9.17) is 0 Å². The van der Waals surface area contributed by atoms with Crippen LogP contribution in [-0.2, 0) is 6.42 Å². The predicted molar refractivity (Wildman–Crippen MR) is 65.3 cm³/mol. The van der Waals surface area contributed by atoms with Gasteiger partial charge in [-0.25, -0.2) is 0 Å². The van der Waals surface area contributed by atoms with Gasteiger partial charge in [0, 0.05) is 6.04 Å². The second-order valence-electron chi connectivity index (χ2n) is 4.71. The van der Waals surface area contributed by atoms with Gasteiger partial charge in [-0.05, 0) is 56.7 Å². The van der Waals surface area contributed by atoms with E-state index in [1.54, 1.807) is 11.1 Å². The molecule has 2 rings (SSSR count). The van der Waals surface area contributed by atoms with Crippen LogP contribution < -0.4 is 5.32 Å². The zero-order valence-electron chi connectivity index (χ0n) is 9.79. The smallest absolute Gasteiger partial charge is 0.00415 e. The summed E-state index contributed by atoms with van der Waals surface area (Å²) in [6, 6.07) is 9.60. The molecule has 1 aliphatic rings. The fraction of sp³-hybridized carbons (Fsp3) is 0.571. The van der Waals surface area contributed by atoms with Crippen molar-refractivity contribution in [1.29, 1.82) is 0 Å². The van der Waals surface area contributed by atoms with Crippen LogP contribution in [0.5, 0.6) is 0 Å². The number of nitrogens with one attached hydrogen (secondary N) is 1. The maximum atomic E-state index is 3.34. The van der Waals surface area contributed by atoms with E-state index < -0.39 is 0 Å². The standard InChI is InChI=1S/C14H21N/c1-11(15-2)10-13-8-5-7-12-6-3-4-9-14(12)13/h3-4,6,9,11,13,15H,5,7-8,10H2,1-2H3. The summed E-state index contributed by atoms with van der Waals surface area (Å²) >= 11 is 0. The molecule has 1 aromatic carbocycles. The van der Waals surface area contributed by atoms with Gasteiger partial charge in [0.2, 0.25) is 0 Å². The van der Waals surface area contributed by atoms with Crippen molar-refractivity contribution in [1.82, 2.24) is 5.32 Å². The summed E-state index contributed by atoms with van der Waals surface area (Å²) in [7, 11) is 2.05. The van der Waals surface area contributed by atoms with Crippen molar-refractivity contribution in [3.63, 3.8) is 0 Å². The van der Waals surface area contributed by atoms with Crippen LogP contribution in [0.1, 0.15) is 43.2 Å². The Labute approximate surface area is 92.9 Å². The summed E-state index contributed by atoms with van der Waals surface area (Å²) in [6.07, 6.45) is 5.27. The van der Waals surface area contributed by atoms with E-state index in [0.29, 0.717) is 6.04 Å². The normalized spacial score (nSPS) is 22.1. The average molecular weight is 203 g/mol. The fourth-order valence-corrected chi connectivity index (χ4v) is 2.64. The maximum Gasteiger partial charge on any atom is 0.00415 e. The van der Waals surface area contributed by atoms with Gasteiger partial charge in [0.1, 0.15) is 0 Å². The molecule has 1 N–H and O–H groups in total. The summed E-state index contributed by atoms with van der Waals surface area (Å²) in [5.74, 6) is 0.775. The lowest BCUT2D eigenvalue weighted by Crippen LogP contribution is -2.25. The highest BCUT2D eigenvalue weighted by Crippen LogP contribution is 2.34. The highest BCUT2D eigenvalue weighted by atomic mass is 14.8. The minimum atomic E-state index is 0.626. The van der Waals surface area contributed by atoms with Crippen molar-refractivity contribution >= 4 is 0 Å². The molecule has 1 aromatic rings. The minimum absolute atomic E-state index is 0.626. The van der Waals surface area contributed by atoms with E-state index >= 15 is 0 Å². The first-order valence-electron chi connectivity index (χ1n) is 6.06. The first-order valence-corrected chi connectivity index (χ1v) is 6.06. The molecule has 2 unspecified atom stereocenters. The lowest BCUT2D eigenvalue weighted by atomic mass is 9.80. The molecular weight excluding hydrogens is 182 g/mol. The number of hydrogen-bond acceptors (Lipinski definition) is 1. The van der Waals surface area contributed by atoms with Crippen LogP contribution in [0.4, 0.5) is 0 Å². The summed E-state index contributed by atoms with van der Waals surface area (Å²) in [5, 5.41) is 3.34. The van der Waals surface area contributed by atoms with Crippen molar-refractivity contribution in [3.8, 4) is 0 Å². The zero-order valence-corrected chi connectivity index (χ0v) is 9.79. The zero-order chi connectivity index (χ0) is 10.7. The molecule has 0 bridgehead atoms. The van der Waals surface area contributed by atoms with Crippen molar-refractivity contribution in [3.05, 3.63) is 35.4 Å². The van der Waals surface area contributed by atoms with Crippen LogP contribution in [0.2, 0.25) is 0 Å². The maximum absolute atomic E-state index is 3.34. The summed E-state index contributed by atoms with van der Waals surface area (Å²) in [5.41, 5.74) is 3.18. The predicted octanol–water partition coefficient (Wildman–Crippen LogP) is 3.10. The molecule has 0 spiro atoms. The summed E-state index contributed by atoms with van der Waals surface area (Å²) < 4.78 is 0. The second kappa shape index (κ2) is 4.80. The Morgan fingerprint density at radius 1 is 1.40 bits per heavy atom. The lowest BCUT2D eigenvalue weighted by molar-refractivity contribution is 0.449. The Hall–Kier alpha value is -0.820. The third-order valence-electron chi connectivity index (χ3n) is 3.62. The highest BCUT2D eigenvalue weighted by Gasteiger charge is 2.20. The number of hydrogen-bond donors (Lipinski definition) is 1. The van der Waals surface area contributed by atoms with Crippen molar-refractivity contribution in [2.24, 2.45) is 0 Å². The van der Waals surface area contributed by atoms with Crippen LogP contribution in [0.15, 0.2) is 24.3 Å². The first-order chi connectivity index (χ1) is 7.31. The quantitative estimate of drug-likeness (QED) is 0.796. The molecule has 0 aromatic heterocycles. The SMILES string of the molecule is CNC(C)CC1CCCc2ccccc21. The monoisotopic (exact) mass is 203 g/mol. The van der Waals surface area contributed by atoms with Crippen LogP contribution in [0.25, 0.3) is 0 Å². The van der Waals surface area contributed by atoms with Crippen molar-refractivity contribution in [2.45, 2.75) is 44.6 Å². The van der Waals surface area contributed by atoms with Crippen LogP contribution >= 0.6 is 0 Å². The summed E-state index contributed by atoms with van der Waals surface area (Å²) in [4.78, 5) is 0. The Balaban J connectivity index is 2.15. The van der Waals surface area contributed by atoms with Crippen LogP contribution in [0, 0.1) is 0 Å². The van der Waals surface area contributed by atoms with E-state index in [1.165, 1.54) is 25.7 Å². The first kappa shape index (κ1) is 10.7. The van der Waals surface area contributed by atoms with Crippen molar-refractivity contribution < 1.29 is 0 Å². The third-order valence-corrected chi connectivity index (χ3v) is 3.62. The topological polar surface area (TPSA) is 12.0 Å². The number of rotatable bonds is 3. The van der Waals surface area contributed by atoms with Crippen LogP contribution in [-0.4, -0.2) is 13.1 Å². The molecule has 1 nitrogen and oxygen atoms in total. The van der Waals surface area contributed by atoms with Gasteiger partial charge < -0.3 is 5.32 Å². The third kappa shape index (κ3) is 2.40. The van der Waals surface area contributed by atoms with Gasteiger partial charge >= 0.3 is 0 Å². The molecule has 15 heavy (non-hydrogen) atoms. The van der Waals surface area contributed by atoms with Crippen LogP contribution in [0.3, 0.4) is 0 Å². The van der Waals surface area contributed by atoms with Gasteiger partial charge in [0.05, 0.1) is 0 Å². The highest BCUT2D eigenvalue weighted by molar-refractivity contribution is 5.32. The second-order valence-corrected chi connectivity index (χ2v) is 4.71. The van der Waals surface area contributed by atoms with E-state index in [9.17, 15) is 0 Å². The lowest BCUT2D eigenvalue weighted by Gasteiger charge is -2.27. The average Bonchev–Trinajstić information content (AvgIpc) is 2.29. The number of aryl methyl sites for hydroxylation is 1. The molecule has 1 aliphatic carbocycles. The van der Waals surface area contributed by atoms with E-state index in [-0.39, 0.29) is 0 Å². The Morgan fingerprint density at radius 2 is 2.20 bits per heavy atom. The fourth-order valence-electron chi connectivity index (χ4n) is 2.64. The Kier molecular flexibility index (Phi) is 3.42. The van der Waals surface area contributed by atoms with Crippen molar-refractivity contribution in [2.75, 3.05) is 7.05 Å². The van der Waals surface area contributed by atoms with Gasteiger partial charge in [0.15, 0.2) is 0 Å². The van der Waals surface area contributed by atoms with Gasteiger partial charge in [-0.1, -0.05) is 24.3 Å². The van der Waals surface area contributed by atoms with E-state index in [0.717, 1.165) is 5.92 Å².